The third-order valence-corrected chi connectivity index (χ3v) is 2.82. The van der Waals surface area contributed by atoms with Crippen LogP contribution < -0.4 is 4.72 Å². The van der Waals surface area contributed by atoms with E-state index in [2.05, 4.69) is 19.4 Å². The lowest BCUT2D eigenvalue weighted by molar-refractivity contribution is -0.146. The van der Waals surface area contributed by atoms with E-state index in [0.29, 0.717) is 5.69 Å². The van der Waals surface area contributed by atoms with E-state index < -0.39 is 21.4 Å². The smallest absolute Gasteiger partial charge is 0.317 e. The van der Waals surface area contributed by atoms with Gasteiger partial charge >= 0.3 is 5.97 Å². The summed E-state index contributed by atoms with van der Waals surface area (Å²) >= 11 is 0. The molecule has 0 spiro atoms. The molecule has 0 bridgehead atoms. The summed E-state index contributed by atoms with van der Waals surface area (Å²) in [6, 6.07) is 1.53. The number of esters is 1. The van der Waals surface area contributed by atoms with Crippen molar-refractivity contribution < 1.29 is 17.9 Å². The van der Waals surface area contributed by atoms with Gasteiger partial charge in [-0.15, -0.1) is 0 Å². The zero-order chi connectivity index (χ0) is 14.0. The van der Waals surface area contributed by atoms with Crippen molar-refractivity contribution in [2.45, 2.75) is 19.3 Å². The first-order chi connectivity index (χ1) is 8.16. The van der Waals surface area contributed by atoms with Gasteiger partial charge in [0.1, 0.15) is 5.41 Å². The first-order valence-corrected chi connectivity index (χ1v) is 6.95. The Labute approximate surface area is 106 Å². The van der Waals surface area contributed by atoms with Gasteiger partial charge in [-0.2, -0.15) is 0 Å². The van der Waals surface area contributed by atoms with E-state index in [1.807, 2.05) is 0 Å². The Morgan fingerprint density at radius 1 is 1.44 bits per heavy atom. The molecule has 1 N–H and O–H groups in total. The summed E-state index contributed by atoms with van der Waals surface area (Å²) in [4.78, 5) is 19.4. The third-order valence-electron chi connectivity index (χ3n) is 2.27. The van der Waals surface area contributed by atoms with Crippen molar-refractivity contribution in [3.63, 3.8) is 0 Å². The fourth-order valence-corrected chi connectivity index (χ4v) is 1.71. The van der Waals surface area contributed by atoms with E-state index in [0.717, 1.165) is 6.26 Å². The summed E-state index contributed by atoms with van der Waals surface area (Å²) in [5.41, 5.74) is -0.610. The Balaban J connectivity index is 3.13. The highest BCUT2D eigenvalue weighted by atomic mass is 32.2. The molecule has 100 valence electrons. The van der Waals surface area contributed by atoms with Crippen LogP contribution in [0.25, 0.3) is 0 Å². The summed E-state index contributed by atoms with van der Waals surface area (Å²) in [6.07, 6.45) is 2.37. The number of carbonyl (C=O) groups is 1. The predicted octanol–water partition coefficient (Wildman–Crippen LogP) is 0.299. The molecule has 0 saturated heterocycles. The van der Waals surface area contributed by atoms with Crippen LogP contribution in [0.15, 0.2) is 12.3 Å². The Morgan fingerprint density at radius 2 is 2.06 bits per heavy atom. The second kappa shape index (κ2) is 4.89. The van der Waals surface area contributed by atoms with Crippen LogP contribution in [0.2, 0.25) is 0 Å². The maximum atomic E-state index is 11.6. The number of anilines is 1. The minimum absolute atomic E-state index is 0.0769. The highest BCUT2D eigenvalue weighted by Crippen LogP contribution is 2.23. The van der Waals surface area contributed by atoms with Crippen LogP contribution in [0.4, 0.5) is 5.95 Å². The summed E-state index contributed by atoms with van der Waals surface area (Å²) in [6.45, 7) is 3.26. The lowest BCUT2D eigenvalue weighted by Crippen LogP contribution is -2.31. The predicted molar refractivity (Wildman–Crippen MR) is 65.5 cm³/mol. The second-order valence-electron chi connectivity index (χ2n) is 4.26. The SMILES string of the molecule is COC(=O)C(C)(C)c1ccnc(NS(C)(=O)=O)n1. The van der Waals surface area contributed by atoms with Gasteiger partial charge in [0, 0.05) is 6.20 Å². The number of aromatic nitrogens is 2. The highest BCUT2D eigenvalue weighted by Gasteiger charge is 2.32. The number of hydrogen-bond acceptors (Lipinski definition) is 6. The van der Waals surface area contributed by atoms with Crippen molar-refractivity contribution in [3.8, 4) is 0 Å². The fourth-order valence-electron chi connectivity index (χ4n) is 1.28. The number of nitrogens with zero attached hydrogens (tertiary/aromatic N) is 2. The van der Waals surface area contributed by atoms with Gasteiger partial charge in [0.25, 0.3) is 0 Å². The average molecular weight is 273 g/mol. The quantitative estimate of drug-likeness (QED) is 0.792. The van der Waals surface area contributed by atoms with Crippen molar-refractivity contribution in [2.75, 3.05) is 18.1 Å². The molecular formula is C10H15N3O4S. The number of carbonyl (C=O) groups excluding carboxylic acids is 1. The van der Waals surface area contributed by atoms with E-state index in [-0.39, 0.29) is 5.95 Å². The molecule has 0 aromatic carbocycles. The summed E-state index contributed by atoms with van der Waals surface area (Å²) in [5, 5.41) is 0. The molecule has 0 aliphatic heterocycles. The molecule has 0 unspecified atom stereocenters. The lowest BCUT2D eigenvalue weighted by atomic mass is 9.89. The van der Waals surface area contributed by atoms with Crippen LogP contribution in [0, 0.1) is 0 Å². The maximum Gasteiger partial charge on any atom is 0.317 e. The van der Waals surface area contributed by atoms with E-state index >= 15 is 0 Å². The Morgan fingerprint density at radius 3 is 2.56 bits per heavy atom. The number of sulfonamides is 1. The number of ether oxygens (including phenoxy) is 1. The van der Waals surface area contributed by atoms with Gasteiger partial charge in [-0.1, -0.05) is 0 Å². The van der Waals surface area contributed by atoms with E-state index in [4.69, 9.17) is 0 Å². The normalized spacial score (nSPS) is 12.0. The molecule has 0 radical (unpaired) electrons. The molecule has 0 atom stereocenters. The molecule has 0 saturated carbocycles. The van der Waals surface area contributed by atoms with Crippen LogP contribution in [-0.4, -0.2) is 37.7 Å². The average Bonchev–Trinajstić information content (AvgIpc) is 2.26. The maximum absolute atomic E-state index is 11.6. The molecule has 0 fully saturated rings. The van der Waals surface area contributed by atoms with Gasteiger partial charge < -0.3 is 4.74 Å². The fraction of sp³-hybridized carbons (Fsp3) is 0.500. The molecule has 0 aliphatic carbocycles. The van der Waals surface area contributed by atoms with Gasteiger partial charge in [0.15, 0.2) is 0 Å². The minimum atomic E-state index is -3.46. The molecule has 8 heteroatoms. The largest absolute Gasteiger partial charge is 0.468 e. The Hall–Kier alpha value is -1.70. The lowest BCUT2D eigenvalue weighted by Gasteiger charge is -2.20. The number of hydrogen-bond donors (Lipinski definition) is 1. The van der Waals surface area contributed by atoms with Crippen molar-refractivity contribution in [1.82, 2.24) is 9.97 Å². The molecule has 0 amide bonds. The molecule has 1 rings (SSSR count). The standard InChI is InChI=1S/C10H15N3O4S/c1-10(2,8(14)17-3)7-5-6-11-9(12-7)13-18(4,15)16/h5-6H,1-4H3,(H,11,12,13). The van der Waals surface area contributed by atoms with Crippen molar-refractivity contribution >= 4 is 21.9 Å². The van der Waals surface area contributed by atoms with Crippen molar-refractivity contribution in [1.29, 1.82) is 0 Å². The molecule has 7 nitrogen and oxygen atoms in total. The Kier molecular flexibility index (Phi) is 3.90. The zero-order valence-electron chi connectivity index (χ0n) is 10.6. The molecule has 0 aliphatic rings. The molecular weight excluding hydrogens is 258 g/mol. The van der Waals surface area contributed by atoms with Crippen molar-refractivity contribution in [2.24, 2.45) is 0 Å². The van der Waals surface area contributed by atoms with E-state index in [1.165, 1.54) is 19.4 Å². The van der Waals surface area contributed by atoms with Gasteiger partial charge in [-0.25, -0.2) is 18.4 Å². The van der Waals surface area contributed by atoms with E-state index in [9.17, 15) is 13.2 Å². The van der Waals surface area contributed by atoms with Gasteiger partial charge in [-0.3, -0.25) is 9.52 Å². The minimum Gasteiger partial charge on any atom is -0.468 e. The van der Waals surface area contributed by atoms with Gasteiger partial charge in [0.05, 0.1) is 19.1 Å². The Bertz CT molecular complexity index is 554. The van der Waals surface area contributed by atoms with Gasteiger partial charge in [0.2, 0.25) is 16.0 Å². The van der Waals surface area contributed by atoms with E-state index in [1.54, 1.807) is 13.8 Å². The molecule has 18 heavy (non-hydrogen) atoms. The number of nitrogens with one attached hydrogen (secondary N) is 1. The second-order valence-corrected chi connectivity index (χ2v) is 6.00. The number of rotatable bonds is 4. The highest BCUT2D eigenvalue weighted by molar-refractivity contribution is 7.91. The molecule has 1 heterocycles. The number of methoxy groups -OCH3 is 1. The molecule has 1 aromatic rings. The topological polar surface area (TPSA) is 98.2 Å². The first kappa shape index (κ1) is 14.4. The zero-order valence-corrected chi connectivity index (χ0v) is 11.4. The summed E-state index contributed by atoms with van der Waals surface area (Å²) in [7, 11) is -2.18. The van der Waals surface area contributed by atoms with Crippen LogP contribution in [0.5, 0.6) is 0 Å². The first-order valence-electron chi connectivity index (χ1n) is 5.06. The summed E-state index contributed by atoms with van der Waals surface area (Å²) < 4.78 is 29.0. The van der Waals surface area contributed by atoms with Crippen LogP contribution in [0.3, 0.4) is 0 Å². The molecule has 1 aromatic heterocycles. The monoisotopic (exact) mass is 273 g/mol. The van der Waals surface area contributed by atoms with Crippen LogP contribution >= 0.6 is 0 Å². The van der Waals surface area contributed by atoms with Crippen LogP contribution in [0.1, 0.15) is 19.5 Å². The van der Waals surface area contributed by atoms with Crippen molar-refractivity contribution in [3.05, 3.63) is 18.0 Å². The van der Waals surface area contributed by atoms with Gasteiger partial charge in [-0.05, 0) is 19.9 Å². The third kappa shape index (κ3) is 3.39. The van der Waals surface area contributed by atoms with Crippen LogP contribution in [-0.2, 0) is 25.0 Å². The summed E-state index contributed by atoms with van der Waals surface area (Å²) in [5.74, 6) is -0.543.